The van der Waals surface area contributed by atoms with Crippen LogP contribution in [0.25, 0.3) is 22.0 Å². The molecule has 0 aliphatic carbocycles. The molecule has 0 amide bonds. The quantitative estimate of drug-likeness (QED) is 0.446. The van der Waals surface area contributed by atoms with Crippen molar-refractivity contribution in [1.29, 1.82) is 0 Å². The molecule has 0 spiro atoms. The van der Waals surface area contributed by atoms with E-state index in [2.05, 4.69) is 14.9 Å². The number of aromatic nitrogens is 2. The highest BCUT2D eigenvalue weighted by atomic mass is 32.2. The standard InChI is InChI=1S/C21H16F3N3O3S/c1-12-9-16(18(29-2)11-17(12)21(22,23)24)20-15-4-3-14(10-13(15)5-7-25-20)31(28)27-19-6-8-30-26-19/h3-11H,1-2H3,(H,26,27). The molecule has 160 valence electrons. The van der Waals surface area contributed by atoms with E-state index >= 15 is 0 Å². The number of aryl methyl sites for hydroxylation is 1. The fourth-order valence-electron chi connectivity index (χ4n) is 3.25. The summed E-state index contributed by atoms with van der Waals surface area (Å²) < 4.78 is 65.1. The number of benzene rings is 2. The number of alkyl halides is 3. The molecule has 0 saturated heterocycles. The Labute approximate surface area is 177 Å². The Morgan fingerprint density at radius 2 is 1.94 bits per heavy atom. The number of pyridine rings is 1. The first-order chi connectivity index (χ1) is 14.8. The first-order valence-corrected chi connectivity index (χ1v) is 10.2. The highest BCUT2D eigenvalue weighted by molar-refractivity contribution is 7.86. The van der Waals surface area contributed by atoms with Crippen LogP contribution in [0.4, 0.5) is 19.0 Å². The Morgan fingerprint density at radius 3 is 2.61 bits per heavy atom. The average Bonchev–Trinajstić information content (AvgIpc) is 3.24. The third kappa shape index (κ3) is 4.11. The van der Waals surface area contributed by atoms with Gasteiger partial charge in [0, 0.05) is 23.2 Å². The van der Waals surface area contributed by atoms with Crippen molar-refractivity contribution in [3.63, 3.8) is 0 Å². The normalized spacial score (nSPS) is 12.7. The fraction of sp³-hybridized carbons (Fsp3) is 0.143. The molecule has 10 heteroatoms. The lowest BCUT2D eigenvalue weighted by atomic mass is 9.98. The molecule has 0 radical (unpaired) electrons. The summed E-state index contributed by atoms with van der Waals surface area (Å²) in [6.07, 6.45) is -1.59. The number of halogens is 3. The predicted molar refractivity (Wildman–Crippen MR) is 110 cm³/mol. The molecule has 4 rings (SSSR count). The molecule has 2 heterocycles. The lowest BCUT2D eigenvalue weighted by molar-refractivity contribution is -0.138. The number of nitrogens with zero attached hydrogens (tertiary/aromatic N) is 2. The van der Waals surface area contributed by atoms with Crippen LogP contribution in [-0.4, -0.2) is 21.5 Å². The molecule has 0 bridgehead atoms. The first-order valence-electron chi connectivity index (χ1n) is 9.01. The lowest BCUT2D eigenvalue weighted by Crippen LogP contribution is -2.08. The van der Waals surface area contributed by atoms with Gasteiger partial charge in [-0.1, -0.05) is 11.2 Å². The van der Waals surface area contributed by atoms with Crippen LogP contribution >= 0.6 is 0 Å². The van der Waals surface area contributed by atoms with E-state index in [1.165, 1.54) is 26.4 Å². The molecule has 31 heavy (non-hydrogen) atoms. The van der Waals surface area contributed by atoms with Gasteiger partial charge in [0.05, 0.1) is 23.3 Å². The molecule has 0 saturated carbocycles. The van der Waals surface area contributed by atoms with E-state index in [9.17, 15) is 17.4 Å². The van der Waals surface area contributed by atoms with Crippen molar-refractivity contribution in [1.82, 2.24) is 10.1 Å². The summed E-state index contributed by atoms with van der Waals surface area (Å²) in [4.78, 5) is 4.87. The molecule has 1 unspecified atom stereocenters. The SMILES string of the molecule is COc1cc(C(F)(F)F)c(C)cc1-c1nccc2cc(S(=O)Nc3ccon3)ccc12. The average molecular weight is 447 g/mol. The Kier molecular flexibility index (Phi) is 5.40. The summed E-state index contributed by atoms with van der Waals surface area (Å²) in [6.45, 7) is 1.40. The van der Waals surface area contributed by atoms with Gasteiger partial charge in [-0.25, -0.2) is 4.21 Å². The van der Waals surface area contributed by atoms with Gasteiger partial charge < -0.3 is 9.26 Å². The number of methoxy groups -OCH3 is 1. The molecular formula is C21H16F3N3O3S. The van der Waals surface area contributed by atoms with Crippen molar-refractivity contribution in [3.8, 4) is 17.0 Å². The van der Waals surface area contributed by atoms with Crippen LogP contribution in [0.3, 0.4) is 0 Å². The molecule has 4 aromatic rings. The van der Waals surface area contributed by atoms with E-state index in [4.69, 9.17) is 9.26 Å². The van der Waals surface area contributed by atoms with Crippen molar-refractivity contribution in [2.24, 2.45) is 0 Å². The minimum absolute atomic E-state index is 0.0663. The molecule has 1 atom stereocenters. The summed E-state index contributed by atoms with van der Waals surface area (Å²) in [6, 6.07) is 10.8. The van der Waals surface area contributed by atoms with Crippen LogP contribution in [0.5, 0.6) is 5.75 Å². The van der Waals surface area contributed by atoms with Crippen LogP contribution in [0.1, 0.15) is 11.1 Å². The van der Waals surface area contributed by atoms with Crippen LogP contribution in [0, 0.1) is 6.92 Å². The number of rotatable bonds is 5. The third-order valence-electron chi connectivity index (χ3n) is 4.69. The minimum atomic E-state index is -4.49. The van der Waals surface area contributed by atoms with E-state index in [1.807, 2.05) is 0 Å². The zero-order valence-electron chi connectivity index (χ0n) is 16.4. The summed E-state index contributed by atoms with van der Waals surface area (Å²) in [7, 11) is -0.270. The maximum Gasteiger partial charge on any atom is 0.416 e. The molecular weight excluding hydrogens is 431 g/mol. The van der Waals surface area contributed by atoms with Gasteiger partial charge >= 0.3 is 6.18 Å². The zero-order chi connectivity index (χ0) is 22.2. The van der Waals surface area contributed by atoms with E-state index in [0.717, 1.165) is 11.5 Å². The molecule has 2 aromatic carbocycles. The lowest BCUT2D eigenvalue weighted by Gasteiger charge is -2.16. The van der Waals surface area contributed by atoms with Crippen molar-refractivity contribution in [2.75, 3.05) is 11.8 Å². The molecule has 1 N–H and O–H groups in total. The number of hydrogen-bond acceptors (Lipinski definition) is 5. The maximum absolute atomic E-state index is 13.3. The topological polar surface area (TPSA) is 77.2 Å². The third-order valence-corrected chi connectivity index (χ3v) is 5.77. The van der Waals surface area contributed by atoms with Crippen LogP contribution in [0.15, 0.2) is 64.3 Å². The van der Waals surface area contributed by atoms with Gasteiger partial charge in [-0.05, 0) is 48.2 Å². The van der Waals surface area contributed by atoms with Gasteiger partial charge in [0.15, 0.2) is 16.8 Å². The smallest absolute Gasteiger partial charge is 0.416 e. The van der Waals surface area contributed by atoms with Gasteiger partial charge in [-0.2, -0.15) is 13.2 Å². The second-order valence-electron chi connectivity index (χ2n) is 6.66. The Balaban J connectivity index is 1.79. The summed E-state index contributed by atoms with van der Waals surface area (Å²) in [5, 5.41) is 5.07. The van der Waals surface area contributed by atoms with Crippen molar-refractivity contribution >= 4 is 27.6 Å². The highest BCUT2D eigenvalue weighted by Gasteiger charge is 2.33. The molecule has 0 aliphatic rings. The van der Waals surface area contributed by atoms with Crippen molar-refractivity contribution in [3.05, 3.63) is 66.1 Å². The second kappa shape index (κ2) is 8.03. The van der Waals surface area contributed by atoms with Crippen molar-refractivity contribution < 1.29 is 26.6 Å². The minimum Gasteiger partial charge on any atom is -0.496 e. The van der Waals surface area contributed by atoms with E-state index < -0.39 is 22.7 Å². The van der Waals surface area contributed by atoms with Crippen molar-refractivity contribution in [2.45, 2.75) is 18.0 Å². The maximum atomic E-state index is 13.3. The number of fused-ring (bicyclic) bond motifs is 1. The van der Waals surface area contributed by atoms with Crippen LogP contribution in [0.2, 0.25) is 0 Å². The van der Waals surface area contributed by atoms with Crippen LogP contribution < -0.4 is 9.46 Å². The van der Waals surface area contributed by atoms with E-state index in [-0.39, 0.29) is 11.3 Å². The number of hydrogen-bond donors (Lipinski definition) is 1. The summed E-state index contributed by atoms with van der Waals surface area (Å²) in [5.74, 6) is 0.400. The van der Waals surface area contributed by atoms with Gasteiger partial charge in [0.2, 0.25) is 0 Å². The van der Waals surface area contributed by atoms with Crippen LogP contribution in [-0.2, 0) is 17.2 Å². The largest absolute Gasteiger partial charge is 0.496 e. The Hall–Kier alpha value is -3.40. The Morgan fingerprint density at radius 1 is 1.13 bits per heavy atom. The Bertz CT molecular complexity index is 1270. The second-order valence-corrected chi connectivity index (χ2v) is 7.88. The number of nitrogens with one attached hydrogen (secondary N) is 1. The monoisotopic (exact) mass is 447 g/mol. The van der Waals surface area contributed by atoms with Gasteiger partial charge in [-0.15, -0.1) is 0 Å². The van der Waals surface area contributed by atoms with Gasteiger partial charge in [0.25, 0.3) is 0 Å². The van der Waals surface area contributed by atoms with E-state index in [0.29, 0.717) is 27.4 Å². The molecule has 0 aliphatic heterocycles. The first kappa shape index (κ1) is 20.9. The summed E-state index contributed by atoms with van der Waals surface area (Å²) >= 11 is 0. The number of anilines is 1. The fourth-order valence-corrected chi connectivity index (χ4v) is 4.09. The molecule has 0 fully saturated rings. The zero-order valence-corrected chi connectivity index (χ0v) is 17.2. The van der Waals surface area contributed by atoms with E-state index in [1.54, 1.807) is 36.5 Å². The van der Waals surface area contributed by atoms with Gasteiger partial charge in [0.1, 0.15) is 12.0 Å². The van der Waals surface area contributed by atoms with Gasteiger partial charge in [-0.3, -0.25) is 9.71 Å². The number of ether oxygens (including phenoxy) is 1. The molecule has 2 aromatic heterocycles. The summed E-state index contributed by atoms with van der Waals surface area (Å²) in [5.41, 5.74) is 0.211. The molecule has 6 nitrogen and oxygen atoms in total. The predicted octanol–water partition coefficient (Wildman–Crippen LogP) is 5.36. The highest BCUT2D eigenvalue weighted by Crippen LogP contribution is 2.40.